The highest BCUT2D eigenvalue weighted by molar-refractivity contribution is 9.10. The number of methoxy groups -OCH3 is 1. The Kier molecular flexibility index (Phi) is 7.16. The molecule has 27 heavy (non-hydrogen) atoms. The molecule has 2 aromatic rings. The van der Waals surface area contributed by atoms with Gasteiger partial charge in [0.25, 0.3) is 0 Å². The fraction of sp³-hybridized carbons (Fsp3) is 0.455. The second-order valence-electron chi connectivity index (χ2n) is 7.25. The van der Waals surface area contributed by atoms with Crippen LogP contribution in [0.25, 0.3) is 0 Å². The van der Waals surface area contributed by atoms with Gasteiger partial charge in [-0.25, -0.2) is 0 Å². The SMILES string of the molecule is COc1ccc(CN2CCN(C(C)C)CC2)c(Br)c1OCc1ccccc1. The summed E-state index contributed by atoms with van der Waals surface area (Å²) in [6, 6.07) is 15.0. The second-order valence-corrected chi connectivity index (χ2v) is 8.04. The van der Waals surface area contributed by atoms with Crippen molar-refractivity contribution >= 4 is 15.9 Å². The summed E-state index contributed by atoms with van der Waals surface area (Å²) < 4.78 is 12.6. The number of nitrogens with zero attached hydrogens (tertiary/aromatic N) is 2. The quantitative estimate of drug-likeness (QED) is 0.639. The minimum Gasteiger partial charge on any atom is -0.493 e. The summed E-state index contributed by atoms with van der Waals surface area (Å²) in [7, 11) is 1.68. The van der Waals surface area contributed by atoms with Crippen LogP contribution in [0.3, 0.4) is 0 Å². The molecule has 0 aromatic heterocycles. The summed E-state index contributed by atoms with van der Waals surface area (Å²) in [6.07, 6.45) is 0. The third kappa shape index (κ3) is 5.24. The molecule has 1 aliphatic rings. The van der Waals surface area contributed by atoms with Crippen LogP contribution in [0, 0.1) is 0 Å². The standard InChI is InChI=1S/C22H29BrN2O2/c1-17(2)25-13-11-24(12-14-25)15-19-9-10-20(26-3)22(21(19)23)27-16-18-7-5-4-6-8-18/h4-10,17H,11-16H2,1-3H3. The van der Waals surface area contributed by atoms with Crippen LogP contribution in [0.4, 0.5) is 0 Å². The van der Waals surface area contributed by atoms with E-state index in [-0.39, 0.29) is 0 Å². The Bertz CT molecular complexity index is 729. The molecule has 0 N–H and O–H groups in total. The monoisotopic (exact) mass is 432 g/mol. The fourth-order valence-electron chi connectivity index (χ4n) is 3.40. The van der Waals surface area contributed by atoms with Crippen LogP contribution < -0.4 is 9.47 Å². The molecule has 0 saturated carbocycles. The van der Waals surface area contributed by atoms with Crippen molar-refractivity contribution in [3.8, 4) is 11.5 Å². The van der Waals surface area contributed by atoms with E-state index in [9.17, 15) is 0 Å². The number of ether oxygens (including phenoxy) is 2. The lowest BCUT2D eigenvalue weighted by Crippen LogP contribution is -2.48. The maximum Gasteiger partial charge on any atom is 0.176 e. The Hall–Kier alpha value is -1.56. The van der Waals surface area contributed by atoms with Gasteiger partial charge in [0, 0.05) is 38.8 Å². The van der Waals surface area contributed by atoms with Crippen LogP contribution in [0.15, 0.2) is 46.9 Å². The lowest BCUT2D eigenvalue weighted by Gasteiger charge is -2.37. The Morgan fingerprint density at radius 2 is 1.70 bits per heavy atom. The first-order valence-electron chi connectivity index (χ1n) is 9.57. The van der Waals surface area contributed by atoms with Crippen molar-refractivity contribution in [3.05, 3.63) is 58.1 Å². The minimum absolute atomic E-state index is 0.520. The van der Waals surface area contributed by atoms with Crippen molar-refractivity contribution in [1.82, 2.24) is 9.80 Å². The van der Waals surface area contributed by atoms with E-state index in [1.54, 1.807) is 7.11 Å². The highest BCUT2D eigenvalue weighted by Gasteiger charge is 2.21. The molecule has 1 saturated heterocycles. The van der Waals surface area contributed by atoms with Crippen LogP contribution in [0.2, 0.25) is 0 Å². The van der Waals surface area contributed by atoms with Gasteiger partial charge < -0.3 is 9.47 Å². The summed E-state index contributed by atoms with van der Waals surface area (Å²) in [5.41, 5.74) is 2.37. The van der Waals surface area contributed by atoms with Crippen molar-refractivity contribution in [2.24, 2.45) is 0 Å². The van der Waals surface area contributed by atoms with Crippen LogP contribution in [-0.2, 0) is 13.2 Å². The molecule has 0 unspecified atom stereocenters. The lowest BCUT2D eigenvalue weighted by atomic mass is 10.1. The molecule has 0 radical (unpaired) electrons. The molecule has 0 bridgehead atoms. The zero-order chi connectivity index (χ0) is 19.2. The van der Waals surface area contributed by atoms with Gasteiger partial charge in [0.2, 0.25) is 0 Å². The summed E-state index contributed by atoms with van der Waals surface area (Å²) in [5, 5.41) is 0. The molecule has 2 aromatic carbocycles. The average Bonchev–Trinajstić information content (AvgIpc) is 2.69. The molecule has 0 amide bonds. The molecular formula is C22H29BrN2O2. The van der Waals surface area contributed by atoms with Crippen LogP contribution >= 0.6 is 15.9 Å². The van der Waals surface area contributed by atoms with E-state index in [4.69, 9.17) is 9.47 Å². The average molecular weight is 433 g/mol. The van der Waals surface area contributed by atoms with Gasteiger partial charge in [0.1, 0.15) is 6.61 Å². The normalized spacial score (nSPS) is 15.9. The van der Waals surface area contributed by atoms with E-state index in [1.807, 2.05) is 24.3 Å². The van der Waals surface area contributed by atoms with Gasteiger partial charge in [-0.05, 0) is 47.0 Å². The van der Waals surface area contributed by atoms with E-state index in [0.29, 0.717) is 12.6 Å². The molecule has 3 rings (SSSR count). The minimum atomic E-state index is 0.520. The van der Waals surface area contributed by atoms with Gasteiger partial charge in [-0.15, -0.1) is 0 Å². The van der Waals surface area contributed by atoms with Crippen LogP contribution in [-0.4, -0.2) is 49.1 Å². The van der Waals surface area contributed by atoms with Gasteiger partial charge >= 0.3 is 0 Å². The maximum absolute atomic E-state index is 6.12. The summed E-state index contributed by atoms with van der Waals surface area (Å²) in [5.74, 6) is 1.53. The first-order valence-corrected chi connectivity index (χ1v) is 10.4. The van der Waals surface area contributed by atoms with Crippen molar-refractivity contribution in [2.45, 2.75) is 33.0 Å². The molecular weight excluding hydrogens is 404 g/mol. The summed E-state index contributed by atoms with van der Waals surface area (Å²) in [4.78, 5) is 5.04. The Morgan fingerprint density at radius 3 is 2.33 bits per heavy atom. The van der Waals surface area contributed by atoms with Gasteiger partial charge in [-0.3, -0.25) is 9.80 Å². The molecule has 1 fully saturated rings. The summed E-state index contributed by atoms with van der Waals surface area (Å²) >= 11 is 3.77. The zero-order valence-electron chi connectivity index (χ0n) is 16.5. The number of hydrogen-bond acceptors (Lipinski definition) is 4. The molecule has 0 aliphatic carbocycles. The maximum atomic E-state index is 6.12. The topological polar surface area (TPSA) is 24.9 Å². The first-order chi connectivity index (χ1) is 13.1. The smallest absolute Gasteiger partial charge is 0.176 e. The highest BCUT2D eigenvalue weighted by Crippen LogP contribution is 2.39. The molecule has 146 valence electrons. The summed E-state index contributed by atoms with van der Waals surface area (Å²) in [6.45, 7) is 10.4. The predicted molar refractivity (Wildman–Crippen MR) is 113 cm³/mol. The number of halogens is 1. The van der Waals surface area contributed by atoms with E-state index in [0.717, 1.165) is 54.3 Å². The number of hydrogen-bond donors (Lipinski definition) is 0. The first kappa shape index (κ1) is 20.2. The molecule has 4 nitrogen and oxygen atoms in total. The predicted octanol–water partition coefficient (Wildman–Crippen LogP) is 4.56. The van der Waals surface area contributed by atoms with E-state index >= 15 is 0 Å². The molecule has 1 aliphatic heterocycles. The van der Waals surface area contributed by atoms with E-state index in [2.05, 4.69) is 57.8 Å². The number of piperazine rings is 1. The van der Waals surface area contributed by atoms with Gasteiger partial charge in [-0.2, -0.15) is 0 Å². The third-order valence-corrected chi connectivity index (χ3v) is 5.99. The third-order valence-electron chi connectivity index (χ3n) is 5.12. The number of benzene rings is 2. The van der Waals surface area contributed by atoms with Crippen molar-refractivity contribution < 1.29 is 9.47 Å². The van der Waals surface area contributed by atoms with Gasteiger partial charge in [0.15, 0.2) is 11.5 Å². The van der Waals surface area contributed by atoms with E-state index in [1.165, 1.54) is 5.56 Å². The van der Waals surface area contributed by atoms with Gasteiger partial charge in [-0.1, -0.05) is 36.4 Å². The molecule has 0 spiro atoms. The van der Waals surface area contributed by atoms with Crippen molar-refractivity contribution in [2.75, 3.05) is 33.3 Å². The molecule has 5 heteroatoms. The largest absolute Gasteiger partial charge is 0.493 e. The molecule has 1 heterocycles. The molecule has 0 atom stereocenters. The van der Waals surface area contributed by atoms with Crippen molar-refractivity contribution in [3.63, 3.8) is 0 Å². The number of rotatable bonds is 7. The van der Waals surface area contributed by atoms with Crippen molar-refractivity contribution in [1.29, 1.82) is 0 Å². The fourth-order valence-corrected chi connectivity index (χ4v) is 3.97. The Balaban J connectivity index is 1.69. The Labute approximate surface area is 171 Å². The Morgan fingerprint density at radius 1 is 1.00 bits per heavy atom. The highest BCUT2D eigenvalue weighted by atomic mass is 79.9. The zero-order valence-corrected chi connectivity index (χ0v) is 18.0. The van der Waals surface area contributed by atoms with E-state index < -0.39 is 0 Å². The van der Waals surface area contributed by atoms with Gasteiger partial charge in [0.05, 0.1) is 11.6 Å². The van der Waals surface area contributed by atoms with Crippen LogP contribution in [0.5, 0.6) is 11.5 Å². The lowest BCUT2D eigenvalue weighted by molar-refractivity contribution is 0.104. The van der Waals surface area contributed by atoms with Crippen LogP contribution in [0.1, 0.15) is 25.0 Å². The second kappa shape index (κ2) is 9.58.